The minimum atomic E-state index is -0.622. The van der Waals surface area contributed by atoms with E-state index in [1.54, 1.807) is 22.9 Å². The molecule has 0 saturated carbocycles. The van der Waals surface area contributed by atoms with Crippen molar-refractivity contribution in [3.8, 4) is 11.5 Å². The Kier molecular flexibility index (Phi) is 8.99. The molecule has 7 heteroatoms. The molecule has 0 spiro atoms. The summed E-state index contributed by atoms with van der Waals surface area (Å²) in [6.07, 6.45) is 1.68. The zero-order valence-electron chi connectivity index (χ0n) is 22.0. The molecule has 40 heavy (non-hydrogen) atoms. The minimum absolute atomic E-state index is 0.108. The SMILES string of the molecule is O=C(NCc1ccccc1)Oc1ccc2c(c1OC(=O)NCc1ccccc1)CC(c1ccccc1)C=C2C[AsH2]. The first kappa shape index (κ1) is 27.3. The molecule has 1 aliphatic rings. The molecule has 2 unspecified atom stereocenters. The third-order valence-corrected chi connectivity index (χ3v) is 7.72. The van der Waals surface area contributed by atoms with Crippen LogP contribution < -0.4 is 20.1 Å². The zero-order chi connectivity index (χ0) is 27.7. The molecule has 2 amide bonds. The third-order valence-electron chi connectivity index (χ3n) is 6.80. The van der Waals surface area contributed by atoms with Crippen LogP contribution >= 0.6 is 0 Å². The van der Waals surface area contributed by atoms with Crippen LogP contribution in [0.25, 0.3) is 5.57 Å². The van der Waals surface area contributed by atoms with Gasteiger partial charge in [0.2, 0.25) is 0 Å². The molecule has 2 N–H and O–H groups in total. The van der Waals surface area contributed by atoms with Gasteiger partial charge in [-0.3, -0.25) is 0 Å². The van der Waals surface area contributed by atoms with Gasteiger partial charge in [-0.2, -0.15) is 0 Å². The second kappa shape index (κ2) is 13.2. The van der Waals surface area contributed by atoms with Gasteiger partial charge in [0.1, 0.15) is 0 Å². The van der Waals surface area contributed by atoms with Gasteiger partial charge in [-0.25, -0.2) is 0 Å². The number of benzene rings is 4. The van der Waals surface area contributed by atoms with Gasteiger partial charge in [0, 0.05) is 0 Å². The number of fused-ring (bicyclic) bond motifs is 1. The number of hydrogen-bond donors (Lipinski definition) is 2. The summed E-state index contributed by atoms with van der Waals surface area (Å²) in [4.78, 5) is 25.8. The predicted molar refractivity (Wildman–Crippen MR) is 159 cm³/mol. The fourth-order valence-electron chi connectivity index (χ4n) is 4.81. The quantitative estimate of drug-likeness (QED) is 0.244. The number of hydrogen-bond acceptors (Lipinski definition) is 4. The van der Waals surface area contributed by atoms with E-state index in [1.165, 1.54) is 11.1 Å². The van der Waals surface area contributed by atoms with E-state index in [9.17, 15) is 9.59 Å². The van der Waals surface area contributed by atoms with Crippen LogP contribution in [0.1, 0.15) is 33.7 Å². The first-order valence-corrected chi connectivity index (χ1v) is 14.9. The van der Waals surface area contributed by atoms with Crippen LogP contribution in [0.3, 0.4) is 0 Å². The molecule has 2 atom stereocenters. The Hall–Kier alpha value is -4.28. The van der Waals surface area contributed by atoms with Crippen molar-refractivity contribution in [1.29, 1.82) is 0 Å². The van der Waals surface area contributed by atoms with Crippen molar-refractivity contribution in [1.82, 2.24) is 10.6 Å². The van der Waals surface area contributed by atoms with E-state index >= 15 is 0 Å². The van der Waals surface area contributed by atoms with E-state index in [4.69, 9.17) is 9.47 Å². The molecule has 1 aliphatic carbocycles. The maximum absolute atomic E-state index is 13.0. The molecule has 0 fully saturated rings. The maximum atomic E-state index is 13.0. The number of amides is 2. The normalized spacial score (nSPS) is 13.9. The van der Waals surface area contributed by atoms with Crippen LogP contribution in [0.4, 0.5) is 9.59 Å². The standard InChI is InChI=1S/C33H31AsN2O4/c34-20-27-18-26(25-14-8-3-9-15-25)19-29-28(27)16-17-30(39-32(37)35-21-23-10-4-1-5-11-23)31(29)40-33(38)36-22-24-12-6-2-7-13-24/h1-18,26H,19-22,34H2,(H,35,37)(H,36,38). The summed E-state index contributed by atoms with van der Waals surface area (Å²) in [5.41, 5.74) is 6.13. The van der Waals surface area contributed by atoms with Crippen LogP contribution in [0, 0.1) is 0 Å². The fourth-order valence-corrected chi connectivity index (χ4v) is 5.56. The zero-order valence-corrected chi connectivity index (χ0v) is 24.4. The van der Waals surface area contributed by atoms with E-state index in [0.29, 0.717) is 19.5 Å². The van der Waals surface area contributed by atoms with Crippen LogP contribution in [0.2, 0.25) is 5.21 Å². The average Bonchev–Trinajstić information content (AvgIpc) is 3.01. The molecular weight excluding hydrogens is 563 g/mol. The van der Waals surface area contributed by atoms with Gasteiger partial charge in [0.25, 0.3) is 0 Å². The summed E-state index contributed by atoms with van der Waals surface area (Å²) in [6.45, 7) is 0.636. The van der Waals surface area contributed by atoms with Crippen molar-refractivity contribution in [3.05, 3.63) is 137 Å². The molecule has 5 rings (SSSR count). The number of ether oxygens (including phenoxy) is 2. The van der Waals surface area contributed by atoms with Crippen LogP contribution in [0.15, 0.2) is 109 Å². The topological polar surface area (TPSA) is 76.7 Å². The Morgan fingerprint density at radius 3 is 1.85 bits per heavy atom. The first-order chi connectivity index (χ1) is 19.6. The molecule has 6 nitrogen and oxygen atoms in total. The summed E-state index contributed by atoms with van der Waals surface area (Å²) in [6, 6.07) is 33.1. The Bertz CT molecular complexity index is 1490. The van der Waals surface area contributed by atoms with Gasteiger partial charge in [-0.05, 0) is 0 Å². The Morgan fingerprint density at radius 1 is 0.725 bits per heavy atom. The molecule has 0 saturated heterocycles. The van der Waals surface area contributed by atoms with E-state index in [-0.39, 0.29) is 17.4 Å². The summed E-state index contributed by atoms with van der Waals surface area (Å²) >= 11 is 1.60. The molecule has 202 valence electrons. The molecule has 0 radical (unpaired) electrons. The molecule has 4 aromatic rings. The average molecular weight is 595 g/mol. The Labute approximate surface area is 242 Å². The predicted octanol–water partition coefficient (Wildman–Crippen LogP) is 6.04. The van der Waals surface area contributed by atoms with Crippen molar-refractivity contribution in [3.63, 3.8) is 0 Å². The van der Waals surface area contributed by atoms with E-state index in [2.05, 4.69) is 28.8 Å². The van der Waals surface area contributed by atoms with Crippen molar-refractivity contribution in [2.75, 3.05) is 0 Å². The van der Waals surface area contributed by atoms with Crippen molar-refractivity contribution in [2.24, 2.45) is 0 Å². The van der Waals surface area contributed by atoms with Crippen LogP contribution in [0.5, 0.6) is 11.5 Å². The van der Waals surface area contributed by atoms with Crippen molar-refractivity contribution >= 4 is 34.6 Å². The van der Waals surface area contributed by atoms with E-state index < -0.39 is 12.2 Å². The van der Waals surface area contributed by atoms with Gasteiger partial charge in [-0.15, -0.1) is 0 Å². The number of allylic oxidation sites excluding steroid dienone is 2. The first-order valence-electron chi connectivity index (χ1n) is 13.2. The second-order valence-corrected chi connectivity index (χ2v) is 10.4. The monoisotopic (exact) mass is 594 g/mol. The molecular formula is C33H31AsN2O4. The fraction of sp³-hybridized carbons (Fsp3) is 0.152. The Morgan fingerprint density at radius 2 is 1.27 bits per heavy atom. The molecule has 0 heterocycles. The van der Waals surface area contributed by atoms with Gasteiger partial charge in [0.05, 0.1) is 0 Å². The van der Waals surface area contributed by atoms with E-state index in [1.807, 2.05) is 84.9 Å². The molecule has 4 aromatic carbocycles. The van der Waals surface area contributed by atoms with Crippen LogP contribution in [-0.4, -0.2) is 29.0 Å². The van der Waals surface area contributed by atoms with Crippen molar-refractivity contribution in [2.45, 2.75) is 30.6 Å². The number of rotatable bonds is 8. The number of nitrogens with one attached hydrogen (secondary N) is 2. The van der Waals surface area contributed by atoms with Crippen molar-refractivity contribution < 1.29 is 19.1 Å². The van der Waals surface area contributed by atoms with Gasteiger partial charge in [0.15, 0.2) is 0 Å². The third kappa shape index (κ3) is 6.83. The van der Waals surface area contributed by atoms with Gasteiger partial charge >= 0.3 is 219 Å². The van der Waals surface area contributed by atoms with E-state index in [0.717, 1.165) is 27.5 Å². The number of carbonyl (C=O) groups is 2. The summed E-state index contributed by atoms with van der Waals surface area (Å²) < 4.78 is 11.7. The summed E-state index contributed by atoms with van der Waals surface area (Å²) in [5.74, 6) is 0.579. The summed E-state index contributed by atoms with van der Waals surface area (Å²) in [5, 5.41) is 6.48. The molecule has 0 aromatic heterocycles. The van der Waals surface area contributed by atoms with Gasteiger partial charge in [-0.1, -0.05) is 24.3 Å². The molecule has 0 aliphatic heterocycles. The Balaban J connectivity index is 1.43. The number of carbonyl (C=O) groups excluding carboxylic acids is 2. The second-order valence-electron chi connectivity index (χ2n) is 9.49. The summed E-state index contributed by atoms with van der Waals surface area (Å²) in [7, 11) is 0. The van der Waals surface area contributed by atoms with Crippen LogP contribution in [-0.2, 0) is 19.5 Å². The molecule has 0 bridgehead atoms. The van der Waals surface area contributed by atoms with Gasteiger partial charge < -0.3 is 0 Å².